The minimum absolute atomic E-state index is 0.0775. The third kappa shape index (κ3) is 2.02. The molecule has 0 radical (unpaired) electrons. The minimum atomic E-state index is -0.0775. The van der Waals surface area contributed by atoms with Crippen molar-refractivity contribution < 1.29 is 4.79 Å². The number of rotatable bonds is 3. The molecule has 1 aromatic rings. The fourth-order valence-electron chi connectivity index (χ4n) is 1.23. The SMILES string of the molecule is CNC(=O)c1ccnc(NC2CC2)c1. The van der Waals surface area contributed by atoms with Crippen molar-refractivity contribution in [1.82, 2.24) is 10.3 Å². The number of hydrogen-bond acceptors (Lipinski definition) is 3. The molecule has 74 valence electrons. The molecule has 0 spiro atoms. The van der Waals surface area contributed by atoms with Gasteiger partial charge in [-0.1, -0.05) is 0 Å². The molecule has 1 aromatic heterocycles. The van der Waals surface area contributed by atoms with Gasteiger partial charge in [-0.3, -0.25) is 4.79 Å². The van der Waals surface area contributed by atoms with E-state index < -0.39 is 0 Å². The average molecular weight is 191 g/mol. The summed E-state index contributed by atoms with van der Waals surface area (Å²) in [5.74, 6) is 0.708. The Labute approximate surface area is 82.7 Å². The Morgan fingerprint density at radius 3 is 3.00 bits per heavy atom. The fourth-order valence-corrected chi connectivity index (χ4v) is 1.23. The maximum Gasteiger partial charge on any atom is 0.251 e. The Morgan fingerprint density at radius 2 is 2.36 bits per heavy atom. The van der Waals surface area contributed by atoms with Crippen LogP contribution < -0.4 is 10.6 Å². The lowest BCUT2D eigenvalue weighted by Crippen LogP contribution is -2.18. The molecule has 1 fully saturated rings. The lowest BCUT2D eigenvalue weighted by molar-refractivity contribution is 0.0963. The second kappa shape index (κ2) is 3.65. The van der Waals surface area contributed by atoms with Gasteiger partial charge in [0.05, 0.1) is 0 Å². The van der Waals surface area contributed by atoms with E-state index in [-0.39, 0.29) is 5.91 Å². The molecular weight excluding hydrogens is 178 g/mol. The van der Waals surface area contributed by atoms with Crippen LogP contribution in [0.3, 0.4) is 0 Å². The van der Waals surface area contributed by atoms with Crippen LogP contribution in [0.2, 0.25) is 0 Å². The zero-order chi connectivity index (χ0) is 9.97. The molecule has 2 rings (SSSR count). The van der Waals surface area contributed by atoms with Crippen molar-refractivity contribution in [1.29, 1.82) is 0 Å². The van der Waals surface area contributed by atoms with Crippen molar-refractivity contribution in [2.45, 2.75) is 18.9 Å². The van der Waals surface area contributed by atoms with Gasteiger partial charge >= 0.3 is 0 Å². The number of amides is 1. The summed E-state index contributed by atoms with van der Waals surface area (Å²) in [6.45, 7) is 0. The van der Waals surface area contributed by atoms with Gasteiger partial charge < -0.3 is 10.6 Å². The monoisotopic (exact) mass is 191 g/mol. The van der Waals surface area contributed by atoms with Crippen molar-refractivity contribution in [3.8, 4) is 0 Å². The normalized spacial score (nSPS) is 14.9. The van der Waals surface area contributed by atoms with Crippen LogP contribution in [0.5, 0.6) is 0 Å². The van der Waals surface area contributed by atoms with Gasteiger partial charge in [0, 0.05) is 24.8 Å². The minimum Gasteiger partial charge on any atom is -0.367 e. The number of carbonyl (C=O) groups excluding carboxylic acids is 1. The summed E-state index contributed by atoms with van der Waals surface area (Å²) in [5.41, 5.74) is 0.644. The van der Waals surface area contributed by atoms with E-state index in [9.17, 15) is 4.79 Å². The Balaban J connectivity index is 2.12. The summed E-state index contributed by atoms with van der Waals surface area (Å²) in [6.07, 6.45) is 4.05. The summed E-state index contributed by atoms with van der Waals surface area (Å²) in [5, 5.41) is 5.83. The zero-order valence-electron chi connectivity index (χ0n) is 8.08. The molecule has 4 nitrogen and oxygen atoms in total. The highest BCUT2D eigenvalue weighted by molar-refractivity contribution is 5.94. The van der Waals surface area contributed by atoms with E-state index >= 15 is 0 Å². The van der Waals surface area contributed by atoms with Crippen LogP contribution in [0.4, 0.5) is 5.82 Å². The molecule has 1 aliphatic rings. The summed E-state index contributed by atoms with van der Waals surface area (Å²) >= 11 is 0. The summed E-state index contributed by atoms with van der Waals surface area (Å²) in [4.78, 5) is 15.4. The second-order valence-electron chi connectivity index (χ2n) is 3.43. The molecule has 1 amide bonds. The van der Waals surface area contributed by atoms with Crippen LogP contribution in [-0.2, 0) is 0 Å². The predicted octanol–water partition coefficient (Wildman–Crippen LogP) is 1.02. The van der Waals surface area contributed by atoms with E-state index in [1.54, 1.807) is 25.4 Å². The van der Waals surface area contributed by atoms with Gasteiger partial charge in [0.15, 0.2) is 0 Å². The van der Waals surface area contributed by atoms with Crippen LogP contribution in [-0.4, -0.2) is 24.0 Å². The van der Waals surface area contributed by atoms with E-state index in [0.29, 0.717) is 11.6 Å². The highest BCUT2D eigenvalue weighted by Gasteiger charge is 2.21. The number of hydrogen-bond donors (Lipinski definition) is 2. The van der Waals surface area contributed by atoms with E-state index in [1.165, 1.54) is 12.8 Å². The van der Waals surface area contributed by atoms with Gasteiger partial charge in [0.25, 0.3) is 5.91 Å². The van der Waals surface area contributed by atoms with Crippen LogP contribution in [0.25, 0.3) is 0 Å². The van der Waals surface area contributed by atoms with Gasteiger partial charge in [-0.15, -0.1) is 0 Å². The topological polar surface area (TPSA) is 54.0 Å². The lowest BCUT2D eigenvalue weighted by atomic mass is 10.2. The predicted molar refractivity (Wildman–Crippen MR) is 54.3 cm³/mol. The fraction of sp³-hybridized carbons (Fsp3) is 0.400. The third-order valence-electron chi connectivity index (χ3n) is 2.18. The quantitative estimate of drug-likeness (QED) is 0.749. The Bertz CT molecular complexity index is 347. The smallest absolute Gasteiger partial charge is 0.251 e. The van der Waals surface area contributed by atoms with E-state index in [4.69, 9.17) is 0 Å². The maximum atomic E-state index is 11.3. The molecular formula is C10H13N3O. The van der Waals surface area contributed by atoms with E-state index in [2.05, 4.69) is 15.6 Å². The Hall–Kier alpha value is -1.58. The number of carbonyl (C=O) groups is 1. The molecule has 14 heavy (non-hydrogen) atoms. The van der Waals surface area contributed by atoms with Crippen molar-refractivity contribution in [2.24, 2.45) is 0 Å². The first-order valence-electron chi connectivity index (χ1n) is 4.74. The number of nitrogens with one attached hydrogen (secondary N) is 2. The number of pyridine rings is 1. The highest BCUT2D eigenvalue weighted by Crippen LogP contribution is 2.23. The largest absolute Gasteiger partial charge is 0.367 e. The summed E-state index contributed by atoms with van der Waals surface area (Å²) in [6, 6.07) is 4.04. The van der Waals surface area contributed by atoms with Gasteiger partial charge in [0.2, 0.25) is 0 Å². The molecule has 0 aliphatic heterocycles. The number of nitrogens with zero attached hydrogens (tertiary/aromatic N) is 1. The van der Waals surface area contributed by atoms with Crippen LogP contribution in [0.15, 0.2) is 18.3 Å². The standard InChI is InChI=1S/C10H13N3O/c1-11-10(14)7-4-5-12-9(6-7)13-8-2-3-8/h4-6,8H,2-3H2,1H3,(H,11,14)(H,12,13). The van der Waals surface area contributed by atoms with Gasteiger partial charge in [-0.25, -0.2) is 4.98 Å². The van der Waals surface area contributed by atoms with E-state index in [1.807, 2.05) is 0 Å². The Morgan fingerprint density at radius 1 is 1.57 bits per heavy atom. The maximum absolute atomic E-state index is 11.3. The second-order valence-corrected chi connectivity index (χ2v) is 3.43. The first-order valence-corrected chi connectivity index (χ1v) is 4.74. The van der Waals surface area contributed by atoms with Crippen LogP contribution in [0, 0.1) is 0 Å². The van der Waals surface area contributed by atoms with E-state index in [0.717, 1.165) is 5.82 Å². The van der Waals surface area contributed by atoms with Gasteiger partial charge in [0.1, 0.15) is 5.82 Å². The van der Waals surface area contributed by atoms with Gasteiger partial charge in [-0.2, -0.15) is 0 Å². The van der Waals surface area contributed by atoms with Gasteiger partial charge in [-0.05, 0) is 25.0 Å². The lowest BCUT2D eigenvalue weighted by Gasteiger charge is -2.04. The van der Waals surface area contributed by atoms with Crippen molar-refractivity contribution in [2.75, 3.05) is 12.4 Å². The first kappa shape index (κ1) is 8.99. The molecule has 0 saturated heterocycles. The molecule has 2 N–H and O–H groups in total. The number of anilines is 1. The zero-order valence-corrected chi connectivity index (χ0v) is 8.08. The average Bonchev–Trinajstić information content (AvgIpc) is 3.01. The summed E-state index contributed by atoms with van der Waals surface area (Å²) < 4.78 is 0. The van der Waals surface area contributed by atoms with Crippen LogP contribution in [0.1, 0.15) is 23.2 Å². The molecule has 0 aromatic carbocycles. The molecule has 1 aliphatic carbocycles. The molecule has 1 heterocycles. The van der Waals surface area contributed by atoms with Crippen molar-refractivity contribution in [3.63, 3.8) is 0 Å². The molecule has 0 atom stereocenters. The molecule has 1 saturated carbocycles. The summed E-state index contributed by atoms with van der Waals surface area (Å²) in [7, 11) is 1.62. The van der Waals surface area contributed by atoms with Crippen molar-refractivity contribution in [3.05, 3.63) is 23.9 Å². The molecule has 0 bridgehead atoms. The van der Waals surface area contributed by atoms with Crippen molar-refractivity contribution >= 4 is 11.7 Å². The third-order valence-corrected chi connectivity index (χ3v) is 2.18. The van der Waals surface area contributed by atoms with Crippen LogP contribution >= 0.6 is 0 Å². The molecule has 4 heteroatoms. The Kier molecular flexibility index (Phi) is 2.35. The highest BCUT2D eigenvalue weighted by atomic mass is 16.1. The first-order chi connectivity index (χ1) is 6.79. The molecule has 0 unspecified atom stereocenters. The number of aromatic nitrogens is 1.